The molecule has 0 amide bonds. The lowest BCUT2D eigenvalue weighted by Gasteiger charge is -2.21. The second-order valence-corrected chi connectivity index (χ2v) is 15.6. The van der Waals surface area contributed by atoms with Crippen LogP contribution in [0.3, 0.4) is 0 Å². The minimum atomic E-state index is -3.78. The third kappa shape index (κ3) is 3.95. The topological polar surface area (TPSA) is 52.2 Å². The van der Waals surface area contributed by atoms with E-state index in [0.717, 1.165) is 33.1 Å². The molecule has 0 bridgehead atoms. The molecule has 0 fully saturated rings. The molecule has 0 saturated carbocycles. The predicted octanol–water partition coefficient (Wildman–Crippen LogP) is 11.5. The summed E-state index contributed by atoms with van der Waals surface area (Å²) in [6.07, 6.45) is 0. The van der Waals surface area contributed by atoms with Gasteiger partial charge in [0.2, 0.25) is 9.84 Å². The Hall–Kier alpha value is -5.91. The number of benzene rings is 7. The highest BCUT2D eigenvalue weighted by Gasteiger charge is 2.36. The molecule has 240 valence electrons. The summed E-state index contributed by atoms with van der Waals surface area (Å²) in [4.78, 5) is 0.412. The summed E-state index contributed by atoms with van der Waals surface area (Å²) < 4.78 is 36.3. The van der Waals surface area contributed by atoms with Crippen LogP contribution >= 0.6 is 0 Å². The van der Waals surface area contributed by atoms with E-state index >= 15 is 0 Å². The van der Waals surface area contributed by atoms with Gasteiger partial charge in [-0.25, -0.2) is 8.42 Å². The molecule has 0 aliphatic heterocycles. The van der Waals surface area contributed by atoms with E-state index in [1.165, 1.54) is 38.5 Å². The molecule has 0 N–H and O–H groups in total. The molecule has 0 spiro atoms. The number of hydrogen-bond acceptors (Lipinski definition) is 3. The van der Waals surface area contributed by atoms with Crippen LogP contribution in [0.1, 0.15) is 25.0 Å². The molecule has 2 heterocycles. The molecule has 0 unspecified atom stereocenters. The summed E-state index contributed by atoms with van der Waals surface area (Å²) in [5.74, 6) is 0. The average Bonchev–Trinajstić information content (AvgIpc) is 3.77. The fraction of sp³-hybridized carbons (Fsp3) is 0.0667. The normalized spacial score (nSPS) is 13.7. The largest absolute Gasteiger partial charge is 0.454 e. The van der Waals surface area contributed by atoms with Crippen LogP contribution in [0.4, 0.5) is 0 Å². The second-order valence-electron chi connectivity index (χ2n) is 13.7. The van der Waals surface area contributed by atoms with Gasteiger partial charge in [-0.2, -0.15) is 0 Å². The van der Waals surface area contributed by atoms with Gasteiger partial charge in [0.25, 0.3) is 0 Å². The van der Waals surface area contributed by atoms with Gasteiger partial charge >= 0.3 is 0 Å². The van der Waals surface area contributed by atoms with E-state index in [4.69, 9.17) is 4.42 Å². The van der Waals surface area contributed by atoms with Gasteiger partial charge in [0, 0.05) is 38.2 Å². The number of rotatable bonds is 4. The van der Waals surface area contributed by atoms with Crippen molar-refractivity contribution in [2.45, 2.75) is 29.1 Å². The highest BCUT2D eigenvalue weighted by Crippen LogP contribution is 2.51. The number of hydrogen-bond donors (Lipinski definition) is 0. The third-order valence-corrected chi connectivity index (χ3v) is 12.4. The number of para-hydroxylation sites is 3. The molecule has 7 aromatic carbocycles. The fourth-order valence-corrected chi connectivity index (χ4v) is 9.61. The molecule has 9 aromatic rings. The first-order valence-corrected chi connectivity index (χ1v) is 18.3. The van der Waals surface area contributed by atoms with Crippen LogP contribution in [0.2, 0.25) is 0 Å². The Balaban J connectivity index is 1.12. The zero-order valence-electron chi connectivity index (χ0n) is 27.5. The molecule has 1 aliphatic carbocycles. The predicted molar refractivity (Wildman–Crippen MR) is 203 cm³/mol. The van der Waals surface area contributed by atoms with Crippen molar-refractivity contribution in [1.82, 2.24) is 4.57 Å². The van der Waals surface area contributed by atoms with Crippen molar-refractivity contribution in [2.75, 3.05) is 0 Å². The Morgan fingerprint density at radius 1 is 0.520 bits per heavy atom. The summed E-state index contributed by atoms with van der Waals surface area (Å²) in [6.45, 7) is 4.65. The van der Waals surface area contributed by atoms with E-state index in [9.17, 15) is 8.42 Å². The number of furan rings is 1. The van der Waals surface area contributed by atoms with E-state index in [0.29, 0.717) is 11.2 Å². The standard InChI is InChI=1S/C45H31NO3S/c1-45(2)38-19-8-6-14-32(38)36-26-37-33-15-7-9-20-40(33)46(41(37)27-39(36)45)29-24-22-28(23-25-29)31-16-10-17-34-35-18-11-21-42(44(35)49-43(31)34)50(47,48)30-12-4-3-5-13-30/h3-27H,1-2H3. The van der Waals surface area contributed by atoms with Gasteiger partial charge < -0.3 is 8.98 Å². The molecule has 50 heavy (non-hydrogen) atoms. The minimum absolute atomic E-state index is 0.100. The van der Waals surface area contributed by atoms with Crippen LogP contribution in [0.25, 0.3) is 71.7 Å². The summed E-state index contributed by atoms with van der Waals surface area (Å²) in [6, 6.07) is 50.7. The van der Waals surface area contributed by atoms with Crippen molar-refractivity contribution < 1.29 is 12.8 Å². The zero-order valence-corrected chi connectivity index (χ0v) is 28.3. The van der Waals surface area contributed by atoms with Gasteiger partial charge in [0.15, 0.2) is 5.58 Å². The Labute approximate surface area is 289 Å². The lowest BCUT2D eigenvalue weighted by Crippen LogP contribution is -2.14. The summed E-state index contributed by atoms with van der Waals surface area (Å²) in [5.41, 5.74) is 11.6. The Kier molecular flexibility index (Phi) is 5.98. The minimum Gasteiger partial charge on any atom is -0.454 e. The van der Waals surface area contributed by atoms with E-state index in [1.807, 2.05) is 30.3 Å². The van der Waals surface area contributed by atoms with Crippen LogP contribution in [-0.4, -0.2) is 13.0 Å². The van der Waals surface area contributed by atoms with Crippen molar-refractivity contribution in [1.29, 1.82) is 0 Å². The summed E-state index contributed by atoms with van der Waals surface area (Å²) >= 11 is 0. The average molecular weight is 666 g/mol. The number of sulfone groups is 1. The number of fused-ring (bicyclic) bond motifs is 9. The van der Waals surface area contributed by atoms with Crippen molar-refractivity contribution >= 4 is 53.6 Å². The van der Waals surface area contributed by atoms with Crippen molar-refractivity contribution in [3.63, 3.8) is 0 Å². The maximum absolute atomic E-state index is 13.7. The lowest BCUT2D eigenvalue weighted by molar-refractivity contribution is 0.592. The van der Waals surface area contributed by atoms with Crippen LogP contribution in [0, 0.1) is 0 Å². The first-order valence-electron chi connectivity index (χ1n) is 16.9. The molecular formula is C45H31NO3S. The molecule has 2 aromatic heterocycles. The first-order chi connectivity index (χ1) is 24.3. The van der Waals surface area contributed by atoms with Gasteiger partial charge in [-0.3, -0.25) is 0 Å². The van der Waals surface area contributed by atoms with Crippen LogP contribution < -0.4 is 0 Å². The molecule has 4 nitrogen and oxygen atoms in total. The van der Waals surface area contributed by atoms with Gasteiger partial charge in [0.1, 0.15) is 10.5 Å². The highest BCUT2D eigenvalue weighted by molar-refractivity contribution is 7.91. The van der Waals surface area contributed by atoms with Crippen molar-refractivity contribution in [3.8, 4) is 27.9 Å². The van der Waals surface area contributed by atoms with Gasteiger partial charge in [-0.1, -0.05) is 117 Å². The Morgan fingerprint density at radius 2 is 1.18 bits per heavy atom. The summed E-state index contributed by atoms with van der Waals surface area (Å²) in [5, 5.41) is 4.12. The SMILES string of the molecule is CC1(C)c2ccccc2-c2cc3c4ccccc4n(-c4ccc(-c5cccc6c5oc5c(S(=O)(=O)c7ccccc7)cccc56)cc4)c3cc21. The molecule has 5 heteroatoms. The Morgan fingerprint density at radius 3 is 2.00 bits per heavy atom. The van der Waals surface area contributed by atoms with E-state index in [2.05, 4.69) is 103 Å². The molecule has 10 rings (SSSR count). The van der Waals surface area contributed by atoms with E-state index in [-0.39, 0.29) is 15.2 Å². The lowest BCUT2D eigenvalue weighted by atomic mass is 9.82. The molecular weight excluding hydrogens is 635 g/mol. The molecule has 1 aliphatic rings. The van der Waals surface area contributed by atoms with E-state index < -0.39 is 9.84 Å². The van der Waals surface area contributed by atoms with Gasteiger partial charge in [-0.15, -0.1) is 0 Å². The molecule has 0 saturated heterocycles. The van der Waals surface area contributed by atoms with Crippen molar-refractivity contribution in [3.05, 3.63) is 163 Å². The second kappa shape index (κ2) is 10.3. The molecule has 0 radical (unpaired) electrons. The van der Waals surface area contributed by atoms with Crippen LogP contribution in [-0.2, 0) is 15.3 Å². The van der Waals surface area contributed by atoms with E-state index in [1.54, 1.807) is 36.4 Å². The van der Waals surface area contributed by atoms with Crippen LogP contribution in [0.15, 0.2) is 166 Å². The zero-order chi connectivity index (χ0) is 33.8. The maximum atomic E-state index is 13.7. The number of aromatic nitrogens is 1. The fourth-order valence-electron chi connectivity index (χ4n) is 8.19. The molecule has 0 atom stereocenters. The quantitative estimate of drug-likeness (QED) is 0.188. The maximum Gasteiger partial charge on any atom is 0.210 e. The Bertz CT molecular complexity index is 2950. The monoisotopic (exact) mass is 665 g/mol. The summed E-state index contributed by atoms with van der Waals surface area (Å²) in [7, 11) is -3.78. The van der Waals surface area contributed by atoms with Crippen molar-refractivity contribution in [2.24, 2.45) is 0 Å². The van der Waals surface area contributed by atoms with Crippen LogP contribution in [0.5, 0.6) is 0 Å². The highest BCUT2D eigenvalue weighted by atomic mass is 32.2. The number of nitrogens with zero attached hydrogens (tertiary/aromatic N) is 1. The van der Waals surface area contributed by atoms with Gasteiger partial charge in [-0.05, 0) is 76.3 Å². The smallest absolute Gasteiger partial charge is 0.210 e. The van der Waals surface area contributed by atoms with Gasteiger partial charge in [0.05, 0.1) is 15.9 Å². The third-order valence-electron chi connectivity index (χ3n) is 10.6. The first kappa shape index (κ1) is 29.0.